The molecule has 0 radical (unpaired) electrons. The Kier molecular flexibility index (Phi) is 3.85. The molecule has 1 atom stereocenters. The number of benzene rings is 2. The predicted molar refractivity (Wildman–Crippen MR) is 70.6 cm³/mol. The standard InChI is InChI=1S/C14H12ClNO2/c15-12-8-4-7-11(14(12)18)13(16-9-17)10-5-2-1-3-6-10/h1-9,13,18H,(H,16,17). The first-order valence-electron chi connectivity index (χ1n) is 5.46. The monoisotopic (exact) mass is 261 g/mol. The highest BCUT2D eigenvalue weighted by molar-refractivity contribution is 6.32. The summed E-state index contributed by atoms with van der Waals surface area (Å²) in [5.41, 5.74) is 1.45. The normalized spacial score (nSPS) is 11.8. The molecule has 2 aromatic carbocycles. The molecule has 0 aromatic heterocycles. The maximum atomic E-state index is 10.7. The van der Waals surface area contributed by atoms with Crippen LogP contribution in [0.3, 0.4) is 0 Å². The maximum Gasteiger partial charge on any atom is 0.207 e. The first-order valence-corrected chi connectivity index (χ1v) is 5.84. The zero-order valence-corrected chi connectivity index (χ0v) is 10.3. The Labute approximate surface area is 110 Å². The molecule has 0 aliphatic carbocycles. The van der Waals surface area contributed by atoms with E-state index in [1.165, 1.54) is 0 Å². The predicted octanol–water partition coefficient (Wildman–Crippen LogP) is 2.88. The van der Waals surface area contributed by atoms with E-state index >= 15 is 0 Å². The summed E-state index contributed by atoms with van der Waals surface area (Å²) in [4.78, 5) is 10.7. The number of phenols is 1. The average Bonchev–Trinajstić information content (AvgIpc) is 2.41. The number of aromatic hydroxyl groups is 1. The van der Waals surface area contributed by atoms with Gasteiger partial charge in [0.05, 0.1) is 11.1 Å². The van der Waals surface area contributed by atoms with Crippen molar-refractivity contribution in [1.29, 1.82) is 0 Å². The lowest BCUT2D eigenvalue weighted by Gasteiger charge is -2.18. The lowest BCUT2D eigenvalue weighted by atomic mass is 9.98. The maximum absolute atomic E-state index is 10.7. The Morgan fingerprint density at radius 3 is 2.50 bits per heavy atom. The highest BCUT2D eigenvalue weighted by Crippen LogP contribution is 2.34. The van der Waals surface area contributed by atoms with Crippen LogP contribution in [0.5, 0.6) is 5.75 Å². The van der Waals surface area contributed by atoms with Crippen LogP contribution in [-0.4, -0.2) is 11.5 Å². The summed E-state index contributed by atoms with van der Waals surface area (Å²) < 4.78 is 0. The van der Waals surface area contributed by atoms with Gasteiger partial charge in [0.25, 0.3) is 0 Å². The minimum atomic E-state index is -0.414. The van der Waals surface area contributed by atoms with Crippen LogP contribution in [0.1, 0.15) is 17.2 Å². The highest BCUT2D eigenvalue weighted by atomic mass is 35.5. The molecule has 0 aliphatic rings. The third-order valence-corrected chi connectivity index (χ3v) is 3.00. The second-order valence-electron chi connectivity index (χ2n) is 3.81. The molecular formula is C14H12ClNO2. The van der Waals surface area contributed by atoms with Crippen LogP contribution in [0, 0.1) is 0 Å². The van der Waals surface area contributed by atoms with Crippen LogP contribution in [0.2, 0.25) is 5.02 Å². The van der Waals surface area contributed by atoms with Crippen LogP contribution in [-0.2, 0) is 4.79 Å². The lowest BCUT2D eigenvalue weighted by Crippen LogP contribution is -2.20. The van der Waals surface area contributed by atoms with Gasteiger partial charge in [0.2, 0.25) is 6.41 Å². The second kappa shape index (κ2) is 5.56. The van der Waals surface area contributed by atoms with Crippen molar-refractivity contribution in [1.82, 2.24) is 5.32 Å². The molecule has 92 valence electrons. The number of hydrogen-bond donors (Lipinski definition) is 2. The molecule has 0 saturated carbocycles. The van der Waals surface area contributed by atoms with Crippen molar-refractivity contribution in [3.63, 3.8) is 0 Å². The van der Waals surface area contributed by atoms with Gasteiger partial charge >= 0.3 is 0 Å². The molecule has 0 fully saturated rings. The molecule has 0 saturated heterocycles. The molecule has 0 heterocycles. The summed E-state index contributed by atoms with van der Waals surface area (Å²) in [5, 5.41) is 12.9. The Morgan fingerprint density at radius 2 is 1.83 bits per heavy atom. The third-order valence-electron chi connectivity index (χ3n) is 2.70. The number of nitrogens with one attached hydrogen (secondary N) is 1. The van der Waals surface area contributed by atoms with E-state index in [1.807, 2.05) is 30.3 Å². The quantitative estimate of drug-likeness (QED) is 0.832. The first kappa shape index (κ1) is 12.5. The van der Waals surface area contributed by atoms with E-state index in [2.05, 4.69) is 5.32 Å². The Bertz CT molecular complexity index is 543. The van der Waals surface area contributed by atoms with Gasteiger partial charge in [-0.05, 0) is 11.6 Å². The van der Waals surface area contributed by atoms with E-state index in [0.717, 1.165) is 5.56 Å². The van der Waals surface area contributed by atoms with Gasteiger partial charge in [-0.15, -0.1) is 0 Å². The Balaban J connectivity index is 2.48. The topological polar surface area (TPSA) is 49.3 Å². The summed E-state index contributed by atoms with van der Waals surface area (Å²) in [6.45, 7) is 0. The fourth-order valence-electron chi connectivity index (χ4n) is 1.84. The summed E-state index contributed by atoms with van der Waals surface area (Å²) >= 11 is 5.88. The van der Waals surface area contributed by atoms with Gasteiger partial charge in [-0.25, -0.2) is 0 Å². The first-order chi connectivity index (χ1) is 8.74. The van der Waals surface area contributed by atoms with Crippen molar-refractivity contribution >= 4 is 18.0 Å². The largest absolute Gasteiger partial charge is 0.506 e. The zero-order valence-electron chi connectivity index (χ0n) is 9.51. The van der Waals surface area contributed by atoms with Crippen LogP contribution in [0.25, 0.3) is 0 Å². The van der Waals surface area contributed by atoms with Gasteiger partial charge in [-0.3, -0.25) is 4.79 Å². The smallest absolute Gasteiger partial charge is 0.207 e. The summed E-state index contributed by atoms with van der Waals surface area (Å²) in [6.07, 6.45) is 0.609. The van der Waals surface area contributed by atoms with Crippen LogP contribution in [0.4, 0.5) is 0 Å². The van der Waals surface area contributed by atoms with E-state index in [1.54, 1.807) is 18.2 Å². The van der Waals surface area contributed by atoms with Crippen LogP contribution in [0.15, 0.2) is 48.5 Å². The molecule has 1 amide bonds. The van der Waals surface area contributed by atoms with Crippen molar-refractivity contribution in [3.8, 4) is 5.75 Å². The molecule has 0 spiro atoms. The van der Waals surface area contributed by atoms with Crippen molar-refractivity contribution in [2.45, 2.75) is 6.04 Å². The van der Waals surface area contributed by atoms with Gasteiger partial charge < -0.3 is 10.4 Å². The van der Waals surface area contributed by atoms with E-state index < -0.39 is 6.04 Å². The zero-order chi connectivity index (χ0) is 13.0. The minimum Gasteiger partial charge on any atom is -0.506 e. The fraction of sp³-hybridized carbons (Fsp3) is 0.0714. The third kappa shape index (κ3) is 2.46. The SMILES string of the molecule is O=CNC(c1ccccc1)c1cccc(Cl)c1O. The molecular weight excluding hydrogens is 250 g/mol. The second-order valence-corrected chi connectivity index (χ2v) is 4.21. The number of carbonyl (C=O) groups is 1. The van der Waals surface area contributed by atoms with Crippen molar-refractivity contribution < 1.29 is 9.90 Å². The minimum absolute atomic E-state index is 0.0117. The van der Waals surface area contributed by atoms with E-state index in [-0.39, 0.29) is 10.8 Å². The number of amides is 1. The van der Waals surface area contributed by atoms with E-state index in [0.29, 0.717) is 12.0 Å². The molecule has 3 nitrogen and oxygen atoms in total. The fourth-order valence-corrected chi connectivity index (χ4v) is 2.03. The Hall–Kier alpha value is -2.00. The number of hydrogen-bond acceptors (Lipinski definition) is 2. The summed E-state index contributed by atoms with van der Waals surface area (Å²) in [6, 6.07) is 14.0. The lowest BCUT2D eigenvalue weighted by molar-refractivity contribution is -0.110. The van der Waals surface area contributed by atoms with Gasteiger partial charge in [0.15, 0.2) is 0 Å². The number of carbonyl (C=O) groups excluding carboxylic acids is 1. The van der Waals surface area contributed by atoms with Gasteiger partial charge in [0.1, 0.15) is 5.75 Å². The highest BCUT2D eigenvalue weighted by Gasteiger charge is 2.17. The molecule has 0 aliphatic heterocycles. The number of halogens is 1. The molecule has 18 heavy (non-hydrogen) atoms. The van der Waals surface area contributed by atoms with Crippen LogP contribution >= 0.6 is 11.6 Å². The molecule has 2 N–H and O–H groups in total. The van der Waals surface area contributed by atoms with Gasteiger partial charge in [0, 0.05) is 5.56 Å². The van der Waals surface area contributed by atoms with E-state index in [4.69, 9.17) is 11.6 Å². The van der Waals surface area contributed by atoms with Crippen molar-refractivity contribution in [2.75, 3.05) is 0 Å². The molecule has 1 unspecified atom stereocenters. The Morgan fingerprint density at radius 1 is 1.11 bits per heavy atom. The summed E-state index contributed by atoms with van der Waals surface area (Å²) in [5.74, 6) is -0.0117. The number of para-hydroxylation sites is 1. The molecule has 0 bridgehead atoms. The van der Waals surface area contributed by atoms with Crippen molar-refractivity contribution in [2.24, 2.45) is 0 Å². The van der Waals surface area contributed by atoms with Crippen LogP contribution < -0.4 is 5.32 Å². The number of rotatable bonds is 4. The van der Waals surface area contributed by atoms with Crippen molar-refractivity contribution in [3.05, 3.63) is 64.7 Å². The number of phenolic OH excluding ortho intramolecular Hbond substituents is 1. The average molecular weight is 262 g/mol. The van der Waals surface area contributed by atoms with Gasteiger partial charge in [-0.2, -0.15) is 0 Å². The van der Waals surface area contributed by atoms with E-state index in [9.17, 15) is 9.90 Å². The molecule has 4 heteroatoms. The van der Waals surface area contributed by atoms with Gasteiger partial charge in [-0.1, -0.05) is 54.1 Å². The summed E-state index contributed by atoms with van der Waals surface area (Å²) in [7, 11) is 0. The molecule has 2 rings (SSSR count). The molecule has 2 aromatic rings.